The summed E-state index contributed by atoms with van der Waals surface area (Å²) >= 11 is 0. The molecule has 20 heavy (non-hydrogen) atoms. The molecule has 0 saturated heterocycles. The van der Waals surface area contributed by atoms with E-state index in [0.717, 1.165) is 13.0 Å². The minimum Gasteiger partial charge on any atom is -0.454 e. The van der Waals surface area contributed by atoms with E-state index in [0.29, 0.717) is 29.6 Å². The number of hydrogen-bond acceptors (Lipinski definition) is 4. The van der Waals surface area contributed by atoms with Crippen LogP contribution in [0.2, 0.25) is 0 Å². The van der Waals surface area contributed by atoms with E-state index in [1.165, 1.54) is 0 Å². The lowest BCUT2D eigenvalue weighted by molar-refractivity contribution is 0.0947. The molecule has 1 aromatic carbocycles. The molecule has 1 amide bonds. The molecule has 5 heteroatoms. The lowest BCUT2D eigenvalue weighted by Crippen LogP contribution is -2.37. The van der Waals surface area contributed by atoms with Crippen LogP contribution in [0.15, 0.2) is 18.2 Å². The molecule has 0 saturated carbocycles. The first kappa shape index (κ1) is 14.7. The number of fused-ring (bicyclic) bond motifs is 1. The van der Waals surface area contributed by atoms with Gasteiger partial charge in [-0.3, -0.25) is 4.79 Å². The normalized spacial score (nSPS) is 14.4. The van der Waals surface area contributed by atoms with Crippen molar-refractivity contribution in [3.63, 3.8) is 0 Å². The second-order valence-corrected chi connectivity index (χ2v) is 5.06. The molecule has 110 valence electrons. The highest BCUT2D eigenvalue weighted by Crippen LogP contribution is 2.32. The van der Waals surface area contributed by atoms with E-state index < -0.39 is 0 Å². The van der Waals surface area contributed by atoms with Gasteiger partial charge in [-0.25, -0.2) is 0 Å². The number of rotatable bonds is 6. The number of nitrogens with zero attached hydrogens (tertiary/aromatic N) is 1. The van der Waals surface area contributed by atoms with Gasteiger partial charge in [0.2, 0.25) is 6.79 Å². The zero-order valence-electron chi connectivity index (χ0n) is 12.3. The second kappa shape index (κ2) is 6.61. The van der Waals surface area contributed by atoms with Gasteiger partial charge in [-0.15, -0.1) is 0 Å². The molecule has 2 rings (SSSR count). The highest BCUT2D eigenvalue weighted by atomic mass is 16.7. The summed E-state index contributed by atoms with van der Waals surface area (Å²) in [7, 11) is 2.07. The highest BCUT2D eigenvalue weighted by Gasteiger charge is 2.16. The Morgan fingerprint density at radius 3 is 2.90 bits per heavy atom. The Hall–Kier alpha value is -1.75. The molecule has 0 unspecified atom stereocenters. The Morgan fingerprint density at radius 1 is 1.40 bits per heavy atom. The van der Waals surface area contributed by atoms with Crippen LogP contribution in [0, 0.1) is 0 Å². The van der Waals surface area contributed by atoms with Crippen LogP contribution in [-0.2, 0) is 0 Å². The minimum atomic E-state index is -0.0825. The van der Waals surface area contributed by atoms with Gasteiger partial charge in [0, 0.05) is 24.7 Å². The average molecular weight is 278 g/mol. The zero-order valence-corrected chi connectivity index (χ0v) is 12.3. The lowest BCUT2D eigenvalue weighted by Gasteiger charge is -2.23. The van der Waals surface area contributed by atoms with Crippen LogP contribution in [0.5, 0.6) is 11.5 Å². The van der Waals surface area contributed by atoms with E-state index in [9.17, 15) is 4.79 Å². The Morgan fingerprint density at radius 2 is 2.15 bits per heavy atom. The van der Waals surface area contributed by atoms with Crippen molar-refractivity contribution >= 4 is 5.91 Å². The molecule has 1 atom stereocenters. The van der Waals surface area contributed by atoms with E-state index in [1.54, 1.807) is 18.2 Å². The summed E-state index contributed by atoms with van der Waals surface area (Å²) < 4.78 is 10.5. The minimum absolute atomic E-state index is 0.0825. The highest BCUT2D eigenvalue weighted by molar-refractivity contribution is 5.94. The fourth-order valence-corrected chi connectivity index (χ4v) is 2.02. The van der Waals surface area contributed by atoms with Crippen molar-refractivity contribution in [1.29, 1.82) is 0 Å². The molecule has 1 heterocycles. The Bertz CT molecular complexity index is 476. The maximum Gasteiger partial charge on any atom is 0.251 e. The number of amides is 1. The molecule has 1 N–H and O–H groups in total. The summed E-state index contributed by atoms with van der Waals surface area (Å²) in [6.45, 7) is 6.03. The van der Waals surface area contributed by atoms with E-state index >= 15 is 0 Å². The zero-order chi connectivity index (χ0) is 14.5. The van der Waals surface area contributed by atoms with Crippen molar-refractivity contribution in [3.8, 4) is 11.5 Å². The number of ether oxygens (including phenoxy) is 2. The Labute approximate surface area is 119 Å². The number of benzene rings is 1. The van der Waals surface area contributed by atoms with Gasteiger partial charge in [0.1, 0.15) is 0 Å². The van der Waals surface area contributed by atoms with Crippen LogP contribution >= 0.6 is 0 Å². The maximum absolute atomic E-state index is 12.0. The molecule has 1 aromatic rings. The summed E-state index contributed by atoms with van der Waals surface area (Å²) in [4.78, 5) is 14.3. The molecular formula is C15H22N2O3. The Kier molecular flexibility index (Phi) is 4.84. The lowest BCUT2D eigenvalue weighted by atomic mass is 10.2. The van der Waals surface area contributed by atoms with E-state index in [-0.39, 0.29) is 12.7 Å². The van der Waals surface area contributed by atoms with Crippen molar-refractivity contribution < 1.29 is 14.3 Å². The van der Waals surface area contributed by atoms with Crippen LogP contribution in [0.25, 0.3) is 0 Å². The molecule has 0 radical (unpaired) electrons. The molecule has 1 aliphatic heterocycles. The van der Waals surface area contributed by atoms with Gasteiger partial charge >= 0.3 is 0 Å². The van der Waals surface area contributed by atoms with Gasteiger partial charge in [-0.05, 0) is 38.6 Å². The van der Waals surface area contributed by atoms with Crippen LogP contribution in [0.1, 0.15) is 30.6 Å². The summed E-state index contributed by atoms with van der Waals surface area (Å²) in [5.41, 5.74) is 0.598. The predicted molar refractivity (Wildman–Crippen MR) is 77.3 cm³/mol. The third-order valence-corrected chi connectivity index (χ3v) is 3.73. The van der Waals surface area contributed by atoms with Crippen LogP contribution < -0.4 is 14.8 Å². The van der Waals surface area contributed by atoms with E-state index in [1.807, 2.05) is 0 Å². The standard InChI is InChI=1S/C15H22N2O3/c1-4-11(2)17(3)8-7-16-15(18)12-5-6-13-14(9-12)20-10-19-13/h5-6,9,11H,4,7-8,10H2,1-3H3,(H,16,18)/t11-/m1/s1. The SMILES string of the molecule is CC[C@@H](C)N(C)CCNC(=O)c1ccc2c(c1)OCO2. The van der Waals surface area contributed by atoms with Crippen LogP contribution in [0.3, 0.4) is 0 Å². The summed E-state index contributed by atoms with van der Waals surface area (Å²) in [5, 5.41) is 2.92. The van der Waals surface area contributed by atoms with Gasteiger partial charge < -0.3 is 19.7 Å². The summed E-state index contributed by atoms with van der Waals surface area (Å²) in [6, 6.07) is 5.76. The monoisotopic (exact) mass is 278 g/mol. The quantitative estimate of drug-likeness (QED) is 0.863. The van der Waals surface area contributed by atoms with Crippen molar-refractivity contribution in [2.24, 2.45) is 0 Å². The molecule has 0 aromatic heterocycles. The Balaban J connectivity index is 1.83. The molecular weight excluding hydrogens is 256 g/mol. The first-order valence-corrected chi connectivity index (χ1v) is 7.00. The van der Waals surface area contributed by atoms with Gasteiger partial charge in [0.25, 0.3) is 5.91 Å². The molecule has 0 bridgehead atoms. The number of likely N-dealkylation sites (N-methyl/N-ethyl adjacent to an activating group) is 1. The third-order valence-electron chi connectivity index (χ3n) is 3.73. The topological polar surface area (TPSA) is 50.8 Å². The van der Waals surface area contributed by atoms with Crippen LogP contribution in [-0.4, -0.2) is 43.8 Å². The fourth-order valence-electron chi connectivity index (χ4n) is 2.02. The molecule has 1 aliphatic rings. The molecule has 5 nitrogen and oxygen atoms in total. The fraction of sp³-hybridized carbons (Fsp3) is 0.533. The summed E-state index contributed by atoms with van der Waals surface area (Å²) in [6.07, 6.45) is 1.10. The number of nitrogens with one attached hydrogen (secondary N) is 1. The van der Waals surface area contributed by atoms with Crippen molar-refractivity contribution in [1.82, 2.24) is 10.2 Å². The van der Waals surface area contributed by atoms with Gasteiger partial charge in [0.15, 0.2) is 11.5 Å². The second-order valence-electron chi connectivity index (χ2n) is 5.06. The van der Waals surface area contributed by atoms with Crippen molar-refractivity contribution in [2.45, 2.75) is 26.3 Å². The first-order chi connectivity index (χ1) is 9.61. The van der Waals surface area contributed by atoms with Gasteiger partial charge in [-0.2, -0.15) is 0 Å². The van der Waals surface area contributed by atoms with Crippen LogP contribution in [0.4, 0.5) is 0 Å². The summed E-state index contributed by atoms with van der Waals surface area (Å²) in [5.74, 6) is 1.24. The molecule has 0 aliphatic carbocycles. The van der Waals surface area contributed by atoms with Crippen molar-refractivity contribution in [3.05, 3.63) is 23.8 Å². The number of hydrogen-bond donors (Lipinski definition) is 1. The van der Waals surface area contributed by atoms with E-state index in [4.69, 9.17) is 9.47 Å². The van der Waals surface area contributed by atoms with E-state index in [2.05, 4.69) is 31.1 Å². The third kappa shape index (κ3) is 3.42. The molecule has 0 fully saturated rings. The largest absolute Gasteiger partial charge is 0.454 e. The predicted octanol–water partition coefficient (Wildman–Crippen LogP) is 1.88. The molecule has 0 spiro atoms. The smallest absolute Gasteiger partial charge is 0.251 e. The average Bonchev–Trinajstić information content (AvgIpc) is 2.93. The number of carbonyl (C=O) groups is 1. The van der Waals surface area contributed by atoms with Crippen molar-refractivity contribution in [2.75, 3.05) is 26.9 Å². The first-order valence-electron chi connectivity index (χ1n) is 7.00. The van der Waals surface area contributed by atoms with Gasteiger partial charge in [-0.1, -0.05) is 6.92 Å². The number of carbonyl (C=O) groups excluding carboxylic acids is 1. The maximum atomic E-state index is 12.0. The van der Waals surface area contributed by atoms with Gasteiger partial charge in [0.05, 0.1) is 0 Å².